The average molecular weight is 237 g/mol. The van der Waals surface area contributed by atoms with Gasteiger partial charge in [0.1, 0.15) is 5.82 Å². The maximum atomic E-state index is 13.1. The molecular formula is C8H7BrClF. The molecule has 0 spiro atoms. The summed E-state index contributed by atoms with van der Waals surface area (Å²) in [4.78, 5) is 0. The van der Waals surface area contributed by atoms with Crippen molar-refractivity contribution in [1.82, 2.24) is 0 Å². The van der Waals surface area contributed by atoms with E-state index in [1.807, 2.05) is 13.0 Å². The molecule has 0 heterocycles. The summed E-state index contributed by atoms with van der Waals surface area (Å²) in [7, 11) is 0. The van der Waals surface area contributed by atoms with Gasteiger partial charge in [-0.3, -0.25) is 0 Å². The molecule has 1 aromatic carbocycles. The minimum Gasteiger partial charge on any atom is -0.205 e. The normalized spacial score (nSPS) is 10.2. The van der Waals surface area contributed by atoms with Crippen LogP contribution < -0.4 is 0 Å². The van der Waals surface area contributed by atoms with Crippen molar-refractivity contribution in [2.24, 2.45) is 0 Å². The van der Waals surface area contributed by atoms with E-state index in [2.05, 4.69) is 15.9 Å². The largest absolute Gasteiger partial charge is 0.205 e. The molecule has 0 fully saturated rings. The number of halogens is 3. The molecule has 11 heavy (non-hydrogen) atoms. The zero-order valence-corrected chi connectivity index (χ0v) is 8.34. The fourth-order valence-electron chi connectivity index (χ4n) is 0.853. The Hall–Kier alpha value is -0.0800. The Bertz CT molecular complexity index is 273. The lowest BCUT2D eigenvalue weighted by Gasteiger charge is -2.03. The molecule has 1 rings (SSSR count). The zero-order chi connectivity index (χ0) is 8.43. The van der Waals surface area contributed by atoms with E-state index in [4.69, 9.17) is 11.6 Å². The summed E-state index contributed by atoms with van der Waals surface area (Å²) in [5.74, 6) is -0.0306. The van der Waals surface area contributed by atoms with Crippen LogP contribution in [0.2, 0.25) is 0 Å². The summed E-state index contributed by atoms with van der Waals surface area (Å²) in [6.45, 7) is 1.84. The maximum Gasteiger partial charge on any atom is 0.142 e. The molecule has 3 heteroatoms. The molecule has 0 aliphatic rings. The van der Waals surface area contributed by atoms with Crippen LogP contribution in [-0.4, -0.2) is 0 Å². The van der Waals surface area contributed by atoms with Gasteiger partial charge in [0.2, 0.25) is 0 Å². The SMILES string of the molecule is Cc1ccc(Br)c(F)c1CCl. The second kappa shape index (κ2) is 3.55. The van der Waals surface area contributed by atoms with Crippen LogP contribution in [0.3, 0.4) is 0 Å². The van der Waals surface area contributed by atoms with Crippen molar-refractivity contribution in [2.75, 3.05) is 0 Å². The molecule has 0 N–H and O–H groups in total. The fraction of sp³-hybridized carbons (Fsp3) is 0.250. The Balaban J connectivity index is 3.29. The van der Waals surface area contributed by atoms with Gasteiger partial charge in [0.05, 0.1) is 10.4 Å². The Morgan fingerprint density at radius 1 is 1.55 bits per heavy atom. The van der Waals surface area contributed by atoms with Crippen molar-refractivity contribution >= 4 is 27.5 Å². The van der Waals surface area contributed by atoms with Crippen LogP contribution in [0.25, 0.3) is 0 Å². The summed E-state index contributed by atoms with van der Waals surface area (Å²) >= 11 is 8.64. The van der Waals surface area contributed by atoms with Crippen LogP contribution in [-0.2, 0) is 5.88 Å². The van der Waals surface area contributed by atoms with Gasteiger partial charge in [-0.1, -0.05) is 6.07 Å². The standard InChI is InChI=1S/C8H7BrClF/c1-5-2-3-7(9)8(11)6(5)4-10/h2-3H,4H2,1H3. The lowest BCUT2D eigenvalue weighted by molar-refractivity contribution is 0.608. The predicted molar refractivity (Wildman–Crippen MR) is 48.4 cm³/mol. The third-order valence-corrected chi connectivity index (χ3v) is 2.44. The molecule has 0 aromatic heterocycles. The van der Waals surface area contributed by atoms with E-state index in [0.29, 0.717) is 10.0 Å². The van der Waals surface area contributed by atoms with Crippen molar-refractivity contribution in [1.29, 1.82) is 0 Å². The summed E-state index contributed by atoms with van der Waals surface area (Å²) in [6, 6.07) is 3.52. The molecule has 1 aromatic rings. The smallest absolute Gasteiger partial charge is 0.142 e. The molecule has 0 saturated carbocycles. The number of hydrogen-bond donors (Lipinski definition) is 0. The van der Waals surface area contributed by atoms with Gasteiger partial charge in [0.25, 0.3) is 0 Å². The van der Waals surface area contributed by atoms with Crippen molar-refractivity contribution in [3.8, 4) is 0 Å². The second-order valence-electron chi connectivity index (χ2n) is 2.29. The zero-order valence-electron chi connectivity index (χ0n) is 6.00. The molecule has 0 bridgehead atoms. The number of alkyl halides is 1. The van der Waals surface area contributed by atoms with Crippen molar-refractivity contribution < 1.29 is 4.39 Å². The first-order chi connectivity index (χ1) is 5.16. The first-order valence-electron chi connectivity index (χ1n) is 3.16. The van der Waals surface area contributed by atoms with E-state index in [9.17, 15) is 4.39 Å². The third-order valence-electron chi connectivity index (χ3n) is 1.56. The summed E-state index contributed by atoms with van der Waals surface area (Å²) in [5, 5.41) is 0. The van der Waals surface area contributed by atoms with Crippen LogP contribution in [0, 0.1) is 12.7 Å². The molecular weight excluding hydrogens is 230 g/mol. The topological polar surface area (TPSA) is 0 Å². The molecule has 0 aliphatic carbocycles. The van der Waals surface area contributed by atoms with E-state index in [1.54, 1.807) is 6.07 Å². The Morgan fingerprint density at radius 2 is 2.18 bits per heavy atom. The molecule has 0 amide bonds. The highest BCUT2D eigenvalue weighted by molar-refractivity contribution is 9.10. The molecule has 0 atom stereocenters. The van der Waals surface area contributed by atoms with Gasteiger partial charge in [0, 0.05) is 5.56 Å². The molecule has 0 unspecified atom stereocenters. The van der Waals surface area contributed by atoms with Crippen molar-refractivity contribution in [2.45, 2.75) is 12.8 Å². The van der Waals surface area contributed by atoms with E-state index < -0.39 is 0 Å². The highest BCUT2D eigenvalue weighted by Crippen LogP contribution is 2.22. The molecule has 0 nitrogen and oxygen atoms in total. The summed E-state index contributed by atoms with van der Waals surface area (Å²) < 4.78 is 13.6. The van der Waals surface area contributed by atoms with Gasteiger partial charge >= 0.3 is 0 Å². The van der Waals surface area contributed by atoms with Crippen LogP contribution >= 0.6 is 27.5 Å². The van der Waals surface area contributed by atoms with Gasteiger partial charge in [-0.25, -0.2) is 4.39 Å². The third kappa shape index (κ3) is 1.74. The second-order valence-corrected chi connectivity index (χ2v) is 3.41. The quantitative estimate of drug-likeness (QED) is 0.654. The first kappa shape index (κ1) is 9.01. The van der Waals surface area contributed by atoms with E-state index in [0.717, 1.165) is 5.56 Å². The minimum atomic E-state index is -0.250. The molecule has 60 valence electrons. The number of rotatable bonds is 1. The molecule has 0 radical (unpaired) electrons. The number of benzene rings is 1. The predicted octanol–water partition coefficient (Wildman–Crippen LogP) is 3.64. The van der Waals surface area contributed by atoms with Crippen LogP contribution in [0.15, 0.2) is 16.6 Å². The monoisotopic (exact) mass is 236 g/mol. The van der Waals surface area contributed by atoms with Gasteiger partial charge in [0.15, 0.2) is 0 Å². The Morgan fingerprint density at radius 3 is 2.64 bits per heavy atom. The van der Waals surface area contributed by atoms with E-state index in [1.165, 1.54) is 0 Å². The maximum absolute atomic E-state index is 13.1. The van der Waals surface area contributed by atoms with E-state index >= 15 is 0 Å². The minimum absolute atomic E-state index is 0.219. The van der Waals surface area contributed by atoms with Gasteiger partial charge in [-0.05, 0) is 34.5 Å². The Labute approximate surface area is 78.5 Å². The van der Waals surface area contributed by atoms with Crippen LogP contribution in [0.5, 0.6) is 0 Å². The number of hydrogen-bond acceptors (Lipinski definition) is 0. The Kier molecular flexibility index (Phi) is 2.90. The van der Waals surface area contributed by atoms with E-state index in [-0.39, 0.29) is 11.7 Å². The van der Waals surface area contributed by atoms with Crippen LogP contribution in [0.1, 0.15) is 11.1 Å². The molecule has 0 aliphatic heterocycles. The summed E-state index contributed by atoms with van der Waals surface area (Å²) in [5.41, 5.74) is 1.46. The first-order valence-corrected chi connectivity index (χ1v) is 4.49. The van der Waals surface area contributed by atoms with Crippen molar-refractivity contribution in [3.05, 3.63) is 33.5 Å². The molecule has 0 saturated heterocycles. The van der Waals surface area contributed by atoms with Gasteiger partial charge < -0.3 is 0 Å². The lowest BCUT2D eigenvalue weighted by Crippen LogP contribution is -1.91. The highest BCUT2D eigenvalue weighted by atomic mass is 79.9. The summed E-state index contributed by atoms with van der Waals surface area (Å²) in [6.07, 6.45) is 0. The number of aryl methyl sites for hydroxylation is 1. The average Bonchev–Trinajstić information content (AvgIpc) is 1.99. The fourth-order valence-corrected chi connectivity index (χ4v) is 1.55. The van der Waals surface area contributed by atoms with Gasteiger partial charge in [-0.2, -0.15) is 0 Å². The van der Waals surface area contributed by atoms with Crippen molar-refractivity contribution in [3.63, 3.8) is 0 Å². The lowest BCUT2D eigenvalue weighted by atomic mass is 10.1. The van der Waals surface area contributed by atoms with Crippen LogP contribution in [0.4, 0.5) is 4.39 Å². The van der Waals surface area contributed by atoms with Gasteiger partial charge in [-0.15, -0.1) is 11.6 Å². The highest BCUT2D eigenvalue weighted by Gasteiger charge is 2.07.